The molecule has 3 aromatic rings. The summed E-state index contributed by atoms with van der Waals surface area (Å²) in [6, 6.07) is 19.6. The van der Waals surface area contributed by atoms with E-state index < -0.39 is 0 Å². The summed E-state index contributed by atoms with van der Waals surface area (Å²) in [6.45, 7) is 3.78. The number of hydrogen-bond donors (Lipinski definition) is 3. The maximum Gasteiger partial charge on any atom is 0.238 e. The van der Waals surface area contributed by atoms with E-state index in [1.807, 2.05) is 11.4 Å². The van der Waals surface area contributed by atoms with E-state index in [0.717, 1.165) is 12.0 Å². The van der Waals surface area contributed by atoms with Crippen LogP contribution in [0.1, 0.15) is 35.9 Å². The highest BCUT2D eigenvalue weighted by molar-refractivity contribution is 7.10. The van der Waals surface area contributed by atoms with Gasteiger partial charge in [-0.15, -0.1) is 11.3 Å². The molecule has 2 aromatic carbocycles. The van der Waals surface area contributed by atoms with Crippen molar-refractivity contribution < 1.29 is 9.59 Å². The van der Waals surface area contributed by atoms with Crippen LogP contribution in [-0.4, -0.2) is 18.4 Å². The Labute approximate surface area is 175 Å². The van der Waals surface area contributed by atoms with E-state index in [1.54, 1.807) is 35.6 Å². The van der Waals surface area contributed by atoms with Gasteiger partial charge >= 0.3 is 0 Å². The summed E-state index contributed by atoms with van der Waals surface area (Å²) in [4.78, 5) is 24.7. The zero-order valence-corrected chi connectivity index (χ0v) is 17.4. The van der Waals surface area contributed by atoms with Crippen molar-refractivity contribution in [2.45, 2.75) is 26.3 Å². The monoisotopic (exact) mass is 407 g/mol. The lowest BCUT2D eigenvalue weighted by Crippen LogP contribution is -2.31. The number of amides is 2. The van der Waals surface area contributed by atoms with Crippen LogP contribution in [0.25, 0.3) is 0 Å². The first-order valence-corrected chi connectivity index (χ1v) is 10.5. The van der Waals surface area contributed by atoms with Gasteiger partial charge in [-0.1, -0.05) is 37.3 Å². The third-order valence-corrected chi connectivity index (χ3v) is 5.44. The number of thiophene rings is 1. The molecule has 0 unspecified atom stereocenters. The lowest BCUT2D eigenvalue weighted by atomic mass is 10.0. The van der Waals surface area contributed by atoms with Gasteiger partial charge in [0, 0.05) is 23.2 Å². The molecule has 0 saturated carbocycles. The third-order valence-electron chi connectivity index (χ3n) is 4.50. The van der Waals surface area contributed by atoms with E-state index in [9.17, 15) is 9.59 Å². The minimum atomic E-state index is -0.127. The van der Waals surface area contributed by atoms with E-state index in [2.05, 4.69) is 53.2 Å². The van der Waals surface area contributed by atoms with Gasteiger partial charge in [-0.25, -0.2) is 0 Å². The first-order chi connectivity index (χ1) is 14.0. The average Bonchev–Trinajstić information content (AvgIpc) is 3.24. The fourth-order valence-corrected chi connectivity index (χ4v) is 3.85. The van der Waals surface area contributed by atoms with Gasteiger partial charge in [0.1, 0.15) is 0 Å². The number of rotatable bonds is 8. The highest BCUT2D eigenvalue weighted by Crippen LogP contribution is 2.26. The molecule has 3 rings (SSSR count). The molecule has 0 spiro atoms. The van der Waals surface area contributed by atoms with Crippen LogP contribution >= 0.6 is 11.3 Å². The molecular formula is C23H25N3O2S. The average molecular weight is 408 g/mol. The van der Waals surface area contributed by atoms with Gasteiger partial charge < -0.3 is 10.6 Å². The summed E-state index contributed by atoms with van der Waals surface area (Å²) < 4.78 is 0. The number of anilines is 2. The van der Waals surface area contributed by atoms with Gasteiger partial charge in [-0.05, 0) is 53.3 Å². The Morgan fingerprint density at radius 2 is 1.59 bits per heavy atom. The van der Waals surface area contributed by atoms with E-state index in [-0.39, 0.29) is 24.4 Å². The van der Waals surface area contributed by atoms with Crippen LogP contribution in [0.15, 0.2) is 66.0 Å². The van der Waals surface area contributed by atoms with Crippen molar-refractivity contribution in [3.8, 4) is 0 Å². The van der Waals surface area contributed by atoms with Crippen molar-refractivity contribution in [2.24, 2.45) is 0 Å². The van der Waals surface area contributed by atoms with E-state index in [4.69, 9.17) is 0 Å². The molecule has 1 atom stereocenters. The molecule has 0 aliphatic heterocycles. The summed E-state index contributed by atoms with van der Waals surface area (Å²) in [7, 11) is 0. The number of nitrogens with one attached hydrogen (secondary N) is 3. The number of hydrogen-bond acceptors (Lipinski definition) is 4. The summed E-state index contributed by atoms with van der Waals surface area (Å²) in [5.74, 6) is -0.249. The zero-order valence-electron chi connectivity index (χ0n) is 16.6. The summed E-state index contributed by atoms with van der Waals surface area (Å²) in [5.41, 5.74) is 3.81. The molecule has 2 amide bonds. The van der Waals surface area contributed by atoms with E-state index in [1.165, 1.54) is 17.4 Å². The van der Waals surface area contributed by atoms with Crippen LogP contribution in [0.4, 0.5) is 11.4 Å². The molecule has 29 heavy (non-hydrogen) atoms. The number of benzene rings is 2. The summed E-state index contributed by atoms with van der Waals surface area (Å²) in [6.07, 6.45) is 1.00. The van der Waals surface area contributed by atoms with Crippen molar-refractivity contribution in [1.29, 1.82) is 0 Å². The van der Waals surface area contributed by atoms with Crippen molar-refractivity contribution >= 4 is 34.5 Å². The second-order valence-corrected chi connectivity index (χ2v) is 7.71. The van der Waals surface area contributed by atoms with Crippen LogP contribution in [0.2, 0.25) is 0 Å². The third kappa shape index (κ3) is 6.01. The Balaban J connectivity index is 1.63. The minimum Gasteiger partial charge on any atom is -0.326 e. The second-order valence-electron chi connectivity index (χ2n) is 6.73. The van der Waals surface area contributed by atoms with Crippen molar-refractivity contribution in [2.75, 3.05) is 17.2 Å². The molecule has 0 saturated heterocycles. The zero-order chi connectivity index (χ0) is 20.6. The lowest BCUT2D eigenvalue weighted by Gasteiger charge is -2.18. The first kappa shape index (κ1) is 20.8. The van der Waals surface area contributed by atoms with Crippen molar-refractivity contribution in [3.05, 3.63) is 82.0 Å². The Kier molecular flexibility index (Phi) is 7.16. The molecule has 1 heterocycles. The quantitative estimate of drug-likeness (QED) is 0.512. The van der Waals surface area contributed by atoms with E-state index >= 15 is 0 Å². The molecule has 0 bridgehead atoms. The maximum atomic E-state index is 12.4. The predicted octanol–water partition coefficient (Wildman–Crippen LogP) is 4.59. The molecule has 0 fully saturated rings. The topological polar surface area (TPSA) is 70.2 Å². The van der Waals surface area contributed by atoms with Crippen LogP contribution < -0.4 is 16.0 Å². The predicted molar refractivity (Wildman–Crippen MR) is 119 cm³/mol. The van der Waals surface area contributed by atoms with Gasteiger partial charge in [-0.3, -0.25) is 14.9 Å². The second kappa shape index (κ2) is 10.0. The number of carbonyl (C=O) groups excluding carboxylic acids is 2. The normalized spacial score (nSPS) is 11.7. The minimum absolute atomic E-state index is 0.0335. The van der Waals surface area contributed by atoms with Gasteiger partial charge in [0.15, 0.2) is 0 Å². The maximum absolute atomic E-state index is 12.4. The molecule has 0 radical (unpaired) electrons. The fraction of sp³-hybridized carbons (Fsp3) is 0.217. The van der Waals surface area contributed by atoms with Crippen molar-refractivity contribution in [3.63, 3.8) is 0 Å². The molecule has 1 aromatic heterocycles. The van der Waals surface area contributed by atoms with Crippen molar-refractivity contribution in [1.82, 2.24) is 5.32 Å². The Morgan fingerprint density at radius 1 is 0.931 bits per heavy atom. The molecule has 5 nitrogen and oxygen atoms in total. The molecule has 0 aliphatic rings. The molecule has 3 N–H and O–H groups in total. The largest absolute Gasteiger partial charge is 0.326 e. The van der Waals surface area contributed by atoms with Crippen LogP contribution in [-0.2, 0) is 16.0 Å². The lowest BCUT2D eigenvalue weighted by molar-refractivity contribution is -0.115. The summed E-state index contributed by atoms with van der Waals surface area (Å²) >= 11 is 1.67. The van der Waals surface area contributed by atoms with Gasteiger partial charge in [0.2, 0.25) is 11.8 Å². The summed E-state index contributed by atoms with van der Waals surface area (Å²) in [5, 5.41) is 11.0. The fourth-order valence-electron chi connectivity index (χ4n) is 3.02. The first-order valence-electron chi connectivity index (χ1n) is 9.58. The van der Waals surface area contributed by atoms with Crippen LogP contribution in [0, 0.1) is 0 Å². The SMILES string of the molecule is CCc1ccc([C@@H](NCC(=O)Nc2ccc(NC(C)=O)cc2)c2cccs2)cc1. The van der Waals surface area contributed by atoms with Gasteiger partial charge in [0.05, 0.1) is 12.6 Å². The smallest absolute Gasteiger partial charge is 0.238 e. The molecular weight excluding hydrogens is 382 g/mol. The molecule has 0 aliphatic carbocycles. The standard InChI is InChI=1S/C23H25N3O2S/c1-3-17-6-8-18(9-7-17)23(21-5-4-14-29-21)24-15-22(28)26-20-12-10-19(11-13-20)25-16(2)27/h4-14,23-24H,3,15H2,1-2H3,(H,25,27)(H,26,28)/t23-/m1/s1. The molecule has 6 heteroatoms. The number of carbonyl (C=O) groups is 2. The Morgan fingerprint density at radius 3 is 2.14 bits per heavy atom. The van der Waals surface area contributed by atoms with Crippen LogP contribution in [0.3, 0.4) is 0 Å². The van der Waals surface area contributed by atoms with Gasteiger partial charge in [0.25, 0.3) is 0 Å². The molecule has 150 valence electrons. The Hall–Kier alpha value is -2.96. The van der Waals surface area contributed by atoms with E-state index in [0.29, 0.717) is 11.4 Å². The Bertz CT molecular complexity index is 935. The highest BCUT2D eigenvalue weighted by atomic mass is 32.1. The highest BCUT2D eigenvalue weighted by Gasteiger charge is 2.16. The van der Waals surface area contributed by atoms with Gasteiger partial charge in [-0.2, -0.15) is 0 Å². The number of aryl methyl sites for hydroxylation is 1. The van der Waals surface area contributed by atoms with Crippen LogP contribution in [0.5, 0.6) is 0 Å².